The number of likely N-dealkylation sites (tertiary alicyclic amines) is 1. The lowest BCUT2D eigenvalue weighted by molar-refractivity contribution is -0.136. The number of pyridine rings is 1. The molecule has 1 fully saturated rings. The number of hydrogen-bond acceptors (Lipinski definition) is 5. The van der Waals surface area contributed by atoms with Crippen molar-refractivity contribution >= 4 is 11.8 Å². The van der Waals surface area contributed by atoms with Gasteiger partial charge in [0, 0.05) is 62.3 Å². The lowest BCUT2D eigenvalue weighted by Crippen LogP contribution is -2.43. The van der Waals surface area contributed by atoms with E-state index < -0.39 is 0 Å². The molecule has 166 valence electrons. The molecule has 8 heteroatoms. The van der Waals surface area contributed by atoms with Crippen LogP contribution in [-0.4, -0.2) is 51.6 Å². The predicted molar refractivity (Wildman–Crippen MR) is 120 cm³/mol. The number of carbonyl (C=O) groups is 2. The molecule has 0 spiro atoms. The standard InChI is InChI=1S/C24H27N5O3/c1-16-20(23(30)26-13-17-6-5-11-28(2)24(17)31)7-4-8-22(16)32-19-9-10-25-21(12-19)18-14-27-29(3)15-18/h4,7-10,12,14-15,17H,5-6,11,13H2,1-3H3,(H,26,30). The minimum Gasteiger partial charge on any atom is -0.457 e. The van der Waals surface area contributed by atoms with Crippen molar-refractivity contribution in [2.45, 2.75) is 19.8 Å². The molecular formula is C24H27N5O3. The van der Waals surface area contributed by atoms with Crippen LogP contribution in [0.5, 0.6) is 11.5 Å². The zero-order valence-electron chi connectivity index (χ0n) is 18.5. The summed E-state index contributed by atoms with van der Waals surface area (Å²) in [6, 6.07) is 9.00. The molecule has 3 heterocycles. The van der Waals surface area contributed by atoms with E-state index in [1.165, 1.54) is 0 Å². The normalized spacial score (nSPS) is 16.2. The fraction of sp³-hybridized carbons (Fsp3) is 0.333. The quantitative estimate of drug-likeness (QED) is 0.645. The van der Waals surface area contributed by atoms with Gasteiger partial charge in [0.2, 0.25) is 5.91 Å². The molecule has 1 aliphatic heterocycles. The number of aryl methyl sites for hydroxylation is 1. The summed E-state index contributed by atoms with van der Waals surface area (Å²) in [5.41, 5.74) is 2.91. The van der Waals surface area contributed by atoms with Crippen molar-refractivity contribution in [3.63, 3.8) is 0 Å². The van der Waals surface area contributed by atoms with E-state index in [0.29, 0.717) is 23.6 Å². The summed E-state index contributed by atoms with van der Waals surface area (Å²) in [6.45, 7) is 2.97. The van der Waals surface area contributed by atoms with Gasteiger partial charge in [-0.1, -0.05) is 6.07 Å². The highest BCUT2D eigenvalue weighted by Crippen LogP contribution is 2.29. The van der Waals surface area contributed by atoms with E-state index in [0.717, 1.165) is 36.2 Å². The zero-order chi connectivity index (χ0) is 22.7. The third-order valence-corrected chi connectivity index (χ3v) is 5.77. The molecule has 4 rings (SSSR count). The number of aromatic nitrogens is 3. The number of rotatable bonds is 6. The van der Waals surface area contributed by atoms with Gasteiger partial charge >= 0.3 is 0 Å². The number of benzene rings is 1. The summed E-state index contributed by atoms with van der Waals surface area (Å²) < 4.78 is 7.80. The molecule has 1 unspecified atom stereocenters. The van der Waals surface area contributed by atoms with E-state index in [-0.39, 0.29) is 17.7 Å². The molecule has 1 saturated heterocycles. The molecule has 1 aliphatic rings. The first-order valence-electron chi connectivity index (χ1n) is 10.7. The van der Waals surface area contributed by atoms with E-state index in [1.807, 2.05) is 32.3 Å². The number of carbonyl (C=O) groups excluding carboxylic acids is 2. The van der Waals surface area contributed by atoms with Gasteiger partial charge in [0.15, 0.2) is 0 Å². The maximum Gasteiger partial charge on any atom is 0.251 e. The Balaban J connectivity index is 1.47. The maximum atomic E-state index is 12.8. The van der Waals surface area contributed by atoms with Crippen molar-refractivity contribution in [3.8, 4) is 22.8 Å². The molecule has 2 aromatic heterocycles. The zero-order valence-corrected chi connectivity index (χ0v) is 18.5. The molecule has 0 bridgehead atoms. The molecule has 0 radical (unpaired) electrons. The highest BCUT2D eigenvalue weighted by Gasteiger charge is 2.27. The van der Waals surface area contributed by atoms with E-state index >= 15 is 0 Å². The van der Waals surface area contributed by atoms with Crippen LogP contribution in [0.25, 0.3) is 11.3 Å². The van der Waals surface area contributed by atoms with E-state index in [4.69, 9.17) is 4.74 Å². The fourth-order valence-electron chi connectivity index (χ4n) is 3.90. The fourth-order valence-corrected chi connectivity index (χ4v) is 3.90. The third-order valence-electron chi connectivity index (χ3n) is 5.77. The first-order chi connectivity index (χ1) is 15.4. The van der Waals surface area contributed by atoms with E-state index in [1.54, 1.807) is 47.2 Å². The van der Waals surface area contributed by atoms with E-state index in [9.17, 15) is 9.59 Å². The Morgan fingerprint density at radius 3 is 2.91 bits per heavy atom. The molecule has 1 atom stereocenters. The highest BCUT2D eigenvalue weighted by atomic mass is 16.5. The summed E-state index contributed by atoms with van der Waals surface area (Å²) in [5.74, 6) is 0.928. The van der Waals surface area contributed by atoms with Crippen LogP contribution in [0.4, 0.5) is 0 Å². The number of hydrogen-bond donors (Lipinski definition) is 1. The van der Waals surface area contributed by atoms with Crippen LogP contribution >= 0.6 is 0 Å². The van der Waals surface area contributed by atoms with Crippen LogP contribution in [-0.2, 0) is 11.8 Å². The highest BCUT2D eigenvalue weighted by molar-refractivity contribution is 5.96. The molecule has 3 aromatic rings. The Morgan fingerprint density at radius 1 is 1.28 bits per heavy atom. The SMILES string of the molecule is Cc1c(Oc2ccnc(-c3cnn(C)c3)c2)cccc1C(=O)NCC1CCCN(C)C1=O. The van der Waals surface area contributed by atoms with Crippen LogP contribution in [0.15, 0.2) is 48.9 Å². The number of piperidine rings is 1. The Labute approximate surface area is 187 Å². The van der Waals surface area contributed by atoms with Gasteiger partial charge in [-0.25, -0.2) is 0 Å². The molecular weight excluding hydrogens is 406 g/mol. The average Bonchev–Trinajstić information content (AvgIpc) is 3.22. The van der Waals surface area contributed by atoms with Gasteiger partial charge in [-0.2, -0.15) is 5.10 Å². The van der Waals surface area contributed by atoms with Gasteiger partial charge < -0.3 is 15.0 Å². The van der Waals surface area contributed by atoms with Crippen molar-refractivity contribution in [1.29, 1.82) is 0 Å². The lowest BCUT2D eigenvalue weighted by Gasteiger charge is -2.29. The lowest BCUT2D eigenvalue weighted by atomic mass is 9.97. The summed E-state index contributed by atoms with van der Waals surface area (Å²) in [5, 5.41) is 7.10. The van der Waals surface area contributed by atoms with Gasteiger partial charge in [-0.3, -0.25) is 19.3 Å². The first kappa shape index (κ1) is 21.5. The maximum absolute atomic E-state index is 12.8. The topological polar surface area (TPSA) is 89.3 Å². The van der Waals surface area contributed by atoms with Crippen LogP contribution in [0.1, 0.15) is 28.8 Å². The number of nitrogens with zero attached hydrogens (tertiary/aromatic N) is 4. The van der Waals surface area contributed by atoms with Crippen molar-refractivity contribution in [2.75, 3.05) is 20.1 Å². The first-order valence-corrected chi connectivity index (χ1v) is 10.7. The number of ether oxygens (including phenoxy) is 1. The average molecular weight is 434 g/mol. The second-order valence-electron chi connectivity index (χ2n) is 8.12. The smallest absolute Gasteiger partial charge is 0.251 e. The second-order valence-corrected chi connectivity index (χ2v) is 8.12. The van der Waals surface area contributed by atoms with Gasteiger partial charge in [0.05, 0.1) is 17.8 Å². The van der Waals surface area contributed by atoms with Gasteiger partial charge in [0.25, 0.3) is 5.91 Å². The largest absolute Gasteiger partial charge is 0.457 e. The predicted octanol–water partition coefficient (Wildman–Crippen LogP) is 3.18. The van der Waals surface area contributed by atoms with Gasteiger partial charge in [-0.15, -0.1) is 0 Å². The molecule has 32 heavy (non-hydrogen) atoms. The monoisotopic (exact) mass is 433 g/mol. The summed E-state index contributed by atoms with van der Waals surface area (Å²) >= 11 is 0. The Bertz CT molecular complexity index is 1140. The Kier molecular flexibility index (Phi) is 6.20. The van der Waals surface area contributed by atoms with Crippen LogP contribution in [0, 0.1) is 12.8 Å². The molecule has 1 aromatic carbocycles. The van der Waals surface area contributed by atoms with Crippen molar-refractivity contribution < 1.29 is 14.3 Å². The second kappa shape index (κ2) is 9.21. The van der Waals surface area contributed by atoms with Crippen LogP contribution in [0.3, 0.4) is 0 Å². The van der Waals surface area contributed by atoms with Gasteiger partial charge in [-0.05, 0) is 38.0 Å². The molecule has 0 aliphatic carbocycles. The molecule has 1 N–H and O–H groups in total. The summed E-state index contributed by atoms with van der Waals surface area (Å²) in [7, 11) is 3.66. The Hall–Kier alpha value is -3.68. The van der Waals surface area contributed by atoms with Crippen LogP contribution < -0.4 is 10.1 Å². The number of amides is 2. The molecule has 2 amide bonds. The van der Waals surface area contributed by atoms with Crippen molar-refractivity contribution in [3.05, 3.63) is 60.0 Å². The third kappa shape index (κ3) is 4.64. The minimum absolute atomic E-state index is 0.0902. The Morgan fingerprint density at radius 2 is 2.12 bits per heavy atom. The summed E-state index contributed by atoms with van der Waals surface area (Å²) in [4.78, 5) is 31.2. The number of nitrogens with one attached hydrogen (secondary N) is 1. The van der Waals surface area contributed by atoms with Gasteiger partial charge in [0.1, 0.15) is 11.5 Å². The molecule has 8 nitrogen and oxygen atoms in total. The van der Waals surface area contributed by atoms with Crippen molar-refractivity contribution in [2.24, 2.45) is 13.0 Å². The molecule has 0 saturated carbocycles. The van der Waals surface area contributed by atoms with E-state index in [2.05, 4.69) is 15.4 Å². The minimum atomic E-state index is -0.209. The van der Waals surface area contributed by atoms with Crippen LogP contribution in [0.2, 0.25) is 0 Å². The summed E-state index contributed by atoms with van der Waals surface area (Å²) in [6.07, 6.45) is 7.07. The van der Waals surface area contributed by atoms with Crippen molar-refractivity contribution in [1.82, 2.24) is 25.0 Å².